The van der Waals surface area contributed by atoms with E-state index in [-0.39, 0.29) is 6.71 Å². The molecule has 4 aromatic rings. The third-order valence-electron chi connectivity index (χ3n) is 5.72. The van der Waals surface area contributed by atoms with Crippen LogP contribution in [0.2, 0.25) is 0 Å². The molecule has 0 amide bonds. The highest BCUT2D eigenvalue weighted by Gasteiger charge is 2.31. The Morgan fingerprint density at radius 2 is 0.906 bits per heavy atom. The maximum Gasteiger partial charge on any atom is 0.242 e. The van der Waals surface area contributed by atoms with Crippen molar-refractivity contribution in [3.05, 3.63) is 132 Å². The van der Waals surface area contributed by atoms with Crippen molar-refractivity contribution in [1.82, 2.24) is 0 Å². The van der Waals surface area contributed by atoms with Crippen molar-refractivity contribution in [3.8, 4) is 0 Å². The van der Waals surface area contributed by atoms with Gasteiger partial charge in [0.1, 0.15) is 0 Å². The van der Waals surface area contributed by atoms with Gasteiger partial charge in [0.15, 0.2) is 0 Å². The molecule has 0 radical (unpaired) electrons. The molecule has 0 N–H and O–H groups in total. The average Bonchev–Trinajstić information content (AvgIpc) is 2.83. The molecule has 0 aromatic heterocycles. The van der Waals surface area contributed by atoms with Crippen molar-refractivity contribution in [2.45, 2.75) is 0 Å². The first-order chi connectivity index (χ1) is 15.5. The molecule has 0 atom stereocenters. The lowest BCUT2D eigenvalue weighted by molar-refractivity contribution is 1.54. The van der Waals surface area contributed by atoms with E-state index in [9.17, 15) is 0 Å². The highest BCUT2D eigenvalue weighted by molar-refractivity contribution is 7.74. The Morgan fingerprint density at radius 3 is 1.31 bits per heavy atom. The zero-order valence-corrected chi connectivity index (χ0v) is 20.2. The topological polar surface area (TPSA) is 0 Å². The molecule has 0 aliphatic rings. The lowest BCUT2D eigenvalue weighted by atomic mass is 9.34. The van der Waals surface area contributed by atoms with E-state index in [1.165, 1.54) is 33.1 Å². The molecule has 0 bridgehead atoms. The fourth-order valence-electron chi connectivity index (χ4n) is 4.40. The van der Waals surface area contributed by atoms with E-state index in [1.54, 1.807) is 0 Å². The van der Waals surface area contributed by atoms with Crippen molar-refractivity contribution in [3.63, 3.8) is 0 Å². The van der Waals surface area contributed by atoms with Gasteiger partial charge < -0.3 is 0 Å². The van der Waals surface area contributed by atoms with Crippen LogP contribution < -0.4 is 10.9 Å². The quantitative estimate of drug-likeness (QED) is 0.181. The maximum atomic E-state index is 2.44. The zero-order valence-electron chi connectivity index (χ0n) is 19.3. The van der Waals surface area contributed by atoms with Crippen LogP contribution in [-0.2, 0) is 0 Å². The number of allylic oxidation sites excluding steroid dienone is 1. The van der Waals surface area contributed by atoms with Gasteiger partial charge in [0, 0.05) is 27.3 Å². The first-order valence-electron chi connectivity index (χ1n) is 11.3. The zero-order chi connectivity index (χ0) is 22.4. The van der Waals surface area contributed by atoms with Crippen LogP contribution in [0.3, 0.4) is 0 Å². The van der Waals surface area contributed by atoms with Crippen LogP contribution in [-0.4, -0.2) is 32.9 Å². The summed E-state index contributed by atoms with van der Waals surface area (Å²) in [7, 11) is -1.09. The standard InChI is InChI=1S/C30H31BP/c1-32(2,3)24-29(25-16-8-4-9-17-25)30(26-18-10-5-11-19-26)31(27-20-12-6-13-21-27)28-22-14-7-15-23-28/h4-23H,24H2,1-3H3/q+1/b30-29+. The summed E-state index contributed by atoms with van der Waals surface area (Å²) in [6, 6.07) is 43.9. The third-order valence-corrected chi connectivity index (χ3v) is 6.98. The molecule has 0 spiro atoms. The summed E-state index contributed by atoms with van der Waals surface area (Å²) < 4.78 is 0. The van der Waals surface area contributed by atoms with Gasteiger partial charge >= 0.3 is 0 Å². The lowest BCUT2D eigenvalue weighted by Crippen LogP contribution is -2.44. The van der Waals surface area contributed by atoms with Gasteiger partial charge in [-0.1, -0.05) is 138 Å². The molecule has 0 unspecified atom stereocenters. The molecule has 0 aliphatic heterocycles. The van der Waals surface area contributed by atoms with Crippen molar-refractivity contribution < 1.29 is 0 Å². The van der Waals surface area contributed by atoms with E-state index in [0.717, 1.165) is 6.16 Å². The molecule has 4 aromatic carbocycles. The number of benzene rings is 4. The summed E-state index contributed by atoms with van der Waals surface area (Å²) in [6.45, 7) is 7.50. The van der Waals surface area contributed by atoms with Gasteiger partial charge in [-0.25, -0.2) is 0 Å². The Bertz CT molecular complexity index is 1110. The molecule has 2 heteroatoms. The van der Waals surface area contributed by atoms with Crippen molar-refractivity contribution in [2.75, 3.05) is 26.2 Å². The minimum absolute atomic E-state index is 0.168. The van der Waals surface area contributed by atoms with Gasteiger partial charge in [0.25, 0.3) is 0 Å². The van der Waals surface area contributed by atoms with Crippen LogP contribution in [0.15, 0.2) is 121 Å². The second-order valence-electron chi connectivity index (χ2n) is 9.33. The molecule has 0 fully saturated rings. The van der Waals surface area contributed by atoms with Gasteiger partial charge in [0.2, 0.25) is 6.71 Å². The highest BCUT2D eigenvalue weighted by atomic mass is 31.2. The third kappa shape index (κ3) is 5.48. The Labute approximate surface area is 194 Å². The summed E-state index contributed by atoms with van der Waals surface area (Å²) in [4.78, 5) is 0. The molecule has 0 nitrogen and oxygen atoms in total. The smallest absolute Gasteiger partial charge is 0.0686 e. The van der Waals surface area contributed by atoms with E-state index >= 15 is 0 Å². The second kappa shape index (κ2) is 10.2. The number of rotatable bonds is 7. The van der Waals surface area contributed by atoms with Crippen LogP contribution in [0, 0.1) is 0 Å². The predicted octanol–water partition coefficient (Wildman–Crippen LogP) is 6.35. The van der Waals surface area contributed by atoms with E-state index in [0.29, 0.717) is 0 Å². The van der Waals surface area contributed by atoms with E-state index < -0.39 is 7.26 Å². The average molecular weight is 433 g/mol. The van der Waals surface area contributed by atoms with Gasteiger partial charge in [-0.15, -0.1) is 0 Å². The molecule has 0 heterocycles. The lowest BCUT2D eigenvalue weighted by Gasteiger charge is -2.25. The molecule has 0 saturated heterocycles. The van der Waals surface area contributed by atoms with Crippen molar-refractivity contribution in [1.29, 1.82) is 0 Å². The van der Waals surface area contributed by atoms with Gasteiger partial charge in [-0.3, -0.25) is 0 Å². The van der Waals surface area contributed by atoms with Crippen LogP contribution in [0.4, 0.5) is 0 Å². The monoisotopic (exact) mass is 433 g/mol. The normalized spacial score (nSPS) is 12.2. The maximum absolute atomic E-state index is 2.44. The highest BCUT2D eigenvalue weighted by Crippen LogP contribution is 2.51. The Morgan fingerprint density at radius 1 is 0.531 bits per heavy atom. The van der Waals surface area contributed by atoms with E-state index in [1.807, 2.05) is 0 Å². The first-order valence-corrected chi connectivity index (χ1v) is 14.6. The molecule has 4 rings (SSSR count). The Kier molecular flexibility index (Phi) is 7.08. The molecular formula is C30H31BP+. The molecular weight excluding hydrogens is 402 g/mol. The molecule has 32 heavy (non-hydrogen) atoms. The molecule has 0 saturated carbocycles. The fourth-order valence-corrected chi connectivity index (χ4v) is 5.70. The number of hydrogen-bond donors (Lipinski definition) is 0. The summed E-state index contributed by atoms with van der Waals surface area (Å²) >= 11 is 0. The first kappa shape index (κ1) is 22.3. The van der Waals surface area contributed by atoms with Crippen molar-refractivity contribution in [2.24, 2.45) is 0 Å². The van der Waals surface area contributed by atoms with Crippen LogP contribution >= 0.6 is 7.26 Å². The Hall–Kier alpha value is -2.89. The minimum Gasteiger partial charge on any atom is -0.0686 e. The molecule has 158 valence electrons. The van der Waals surface area contributed by atoms with Gasteiger partial charge in [0.05, 0.1) is 6.16 Å². The molecule has 0 aliphatic carbocycles. The second-order valence-corrected chi connectivity index (χ2v) is 14.2. The van der Waals surface area contributed by atoms with Crippen LogP contribution in [0.25, 0.3) is 11.0 Å². The predicted molar refractivity (Wildman–Crippen MR) is 147 cm³/mol. The van der Waals surface area contributed by atoms with E-state index in [2.05, 4.69) is 141 Å². The summed E-state index contributed by atoms with van der Waals surface area (Å²) in [5, 5.41) is 0. The van der Waals surface area contributed by atoms with Gasteiger partial charge in [-0.2, -0.15) is 0 Å². The largest absolute Gasteiger partial charge is 0.242 e. The summed E-state index contributed by atoms with van der Waals surface area (Å²) in [5.74, 6) is 0. The van der Waals surface area contributed by atoms with E-state index in [4.69, 9.17) is 0 Å². The van der Waals surface area contributed by atoms with Crippen LogP contribution in [0.5, 0.6) is 0 Å². The minimum atomic E-state index is -1.09. The summed E-state index contributed by atoms with van der Waals surface area (Å²) in [5.41, 5.74) is 8.19. The van der Waals surface area contributed by atoms with Gasteiger partial charge in [-0.05, 0) is 16.7 Å². The Balaban J connectivity index is 2.08. The van der Waals surface area contributed by atoms with Crippen LogP contribution in [0.1, 0.15) is 11.1 Å². The SMILES string of the molecule is C[P+](C)(C)C/C(=C(\B(c1ccccc1)c1ccccc1)c1ccccc1)c1ccccc1. The fraction of sp³-hybridized carbons (Fsp3) is 0.133. The van der Waals surface area contributed by atoms with Crippen molar-refractivity contribution >= 4 is 35.9 Å². The number of hydrogen-bond acceptors (Lipinski definition) is 0. The summed E-state index contributed by atoms with van der Waals surface area (Å²) in [6.07, 6.45) is 1.11.